The van der Waals surface area contributed by atoms with Gasteiger partial charge in [-0.15, -0.1) is 0 Å². The van der Waals surface area contributed by atoms with Gasteiger partial charge in [-0.1, -0.05) is 23.2 Å². The molecule has 1 unspecified atom stereocenters. The lowest BCUT2D eigenvalue weighted by atomic mass is 10.3. The number of benzene rings is 1. The highest BCUT2D eigenvalue weighted by molar-refractivity contribution is 7.71. The zero-order valence-electron chi connectivity index (χ0n) is 9.46. The molecule has 3 nitrogen and oxygen atoms in total. The third-order valence-corrected chi connectivity index (χ3v) is 3.70. The lowest BCUT2D eigenvalue weighted by Crippen LogP contribution is -2.14. The first kappa shape index (κ1) is 12.9. The van der Waals surface area contributed by atoms with Gasteiger partial charge in [-0.3, -0.25) is 0 Å². The van der Waals surface area contributed by atoms with Gasteiger partial charge in [0.1, 0.15) is 0 Å². The molecule has 0 fully saturated rings. The van der Waals surface area contributed by atoms with Crippen LogP contribution >= 0.6 is 35.4 Å². The summed E-state index contributed by atoms with van der Waals surface area (Å²) in [5.41, 5.74) is 1.82. The quantitative estimate of drug-likeness (QED) is 0.865. The number of hydrogen-bond acceptors (Lipinski definition) is 2. The Morgan fingerprint density at radius 2 is 2.06 bits per heavy atom. The van der Waals surface area contributed by atoms with Crippen LogP contribution in [0.15, 0.2) is 12.1 Å². The van der Waals surface area contributed by atoms with Crippen LogP contribution in [-0.4, -0.2) is 22.8 Å². The molecule has 92 valence electrons. The van der Waals surface area contributed by atoms with E-state index in [0.29, 0.717) is 21.4 Å². The summed E-state index contributed by atoms with van der Waals surface area (Å²) in [5.74, 6) is 0. The third kappa shape index (κ3) is 2.50. The molecule has 1 heterocycles. The van der Waals surface area contributed by atoms with Crippen molar-refractivity contribution in [2.75, 3.05) is 7.11 Å². The number of aromatic nitrogens is 2. The molecule has 0 spiro atoms. The van der Waals surface area contributed by atoms with Crippen molar-refractivity contribution in [3.05, 3.63) is 26.9 Å². The Bertz CT molecular complexity index is 605. The highest BCUT2D eigenvalue weighted by atomic mass is 35.5. The molecule has 1 aromatic carbocycles. The Morgan fingerprint density at radius 3 is 2.71 bits per heavy atom. The summed E-state index contributed by atoms with van der Waals surface area (Å²) < 4.78 is 7.84. The van der Waals surface area contributed by atoms with Gasteiger partial charge >= 0.3 is 0 Å². The van der Waals surface area contributed by atoms with E-state index in [1.807, 2.05) is 17.6 Å². The zero-order valence-corrected chi connectivity index (χ0v) is 11.8. The molecular formula is C11H12Cl2N2OS. The van der Waals surface area contributed by atoms with Gasteiger partial charge in [0.2, 0.25) is 0 Å². The average Bonchev–Trinajstić information content (AvgIpc) is 2.56. The first-order valence-electron chi connectivity index (χ1n) is 5.13. The van der Waals surface area contributed by atoms with Crippen LogP contribution in [0.25, 0.3) is 11.0 Å². The van der Waals surface area contributed by atoms with Crippen LogP contribution in [0.2, 0.25) is 10.0 Å². The lowest BCUT2D eigenvalue weighted by Gasteiger charge is -2.11. The van der Waals surface area contributed by atoms with E-state index >= 15 is 0 Å². The minimum absolute atomic E-state index is 0.0788. The molecule has 1 aromatic heterocycles. The predicted octanol–water partition coefficient (Wildman–Crippen LogP) is 4.04. The van der Waals surface area contributed by atoms with E-state index in [-0.39, 0.29) is 6.10 Å². The fraction of sp³-hybridized carbons (Fsp3) is 0.364. The number of halogens is 2. The standard InChI is InChI=1S/C11H12Cl2N2OS/c1-6(16-2)5-15-10-4-8(13)7(12)3-9(10)14-11(15)17/h3-4,6H,5H2,1-2H3,(H,14,17). The minimum Gasteiger partial charge on any atom is -0.380 e. The summed E-state index contributed by atoms with van der Waals surface area (Å²) in [6.45, 7) is 2.66. The number of imidazole rings is 1. The van der Waals surface area contributed by atoms with Gasteiger partial charge < -0.3 is 14.3 Å². The second-order valence-corrected chi connectivity index (χ2v) is 5.07. The minimum atomic E-state index is 0.0788. The number of nitrogens with one attached hydrogen (secondary N) is 1. The van der Waals surface area contributed by atoms with E-state index in [1.54, 1.807) is 13.2 Å². The number of fused-ring (bicyclic) bond motifs is 1. The Balaban J connectivity index is 2.58. The summed E-state index contributed by atoms with van der Waals surface area (Å²) in [5, 5.41) is 1.04. The summed E-state index contributed by atoms with van der Waals surface area (Å²) in [6.07, 6.45) is 0.0788. The van der Waals surface area contributed by atoms with Crippen molar-refractivity contribution in [3.63, 3.8) is 0 Å². The Kier molecular flexibility index (Phi) is 3.78. The highest BCUT2D eigenvalue weighted by Gasteiger charge is 2.10. The number of nitrogens with zero attached hydrogens (tertiary/aromatic N) is 1. The summed E-state index contributed by atoms with van der Waals surface area (Å²) in [7, 11) is 1.67. The summed E-state index contributed by atoms with van der Waals surface area (Å²) in [4.78, 5) is 3.10. The van der Waals surface area contributed by atoms with Crippen LogP contribution in [0.1, 0.15) is 6.92 Å². The molecule has 2 rings (SSSR count). The SMILES string of the molecule is COC(C)Cn1c(=S)[nH]c2cc(Cl)c(Cl)cc21. The number of aromatic amines is 1. The molecule has 17 heavy (non-hydrogen) atoms. The smallest absolute Gasteiger partial charge is 0.178 e. The van der Waals surface area contributed by atoms with Crippen molar-refractivity contribution >= 4 is 46.5 Å². The predicted molar refractivity (Wildman–Crippen MR) is 73.6 cm³/mol. The van der Waals surface area contributed by atoms with Gasteiger partial charge in [0.05, 0.1) is 33.7 Å². The molecule has 1 N–H and O–H groups in total. The van der Waals surface area contributed by atoms with Crippen molar-refractivity contribution < 1.29 is 4.74 Å². The molecule has 0 saturated heterocycles. The van der Waals surface area contributed by atoms with Crippen LogP contribution in [0.3, 0.4) is 0 Å². The Hall–Kier alpha value is -0.550. The van der Waals surface area contributed by atoms with E-state index < -0.39 is 0 Å². The highest BCUT2D eigenvalue weighted by Crippen LogP contribution is 2.27. The molecule has 0 amide bonds. The second kappa shape index (κ2) is 4.98. The molecule has 0 aliphatic carbocycles. The first-order valence-corrected chi connectivity index (χ1v) is 6.29. The van der Waals surface area contributed by atoms with E-state index in [0.717, 1.165) is 11.0 Å². The first-order chi connectivity index (χ1) is 8.02. The maximum Gasteiger partial charge on any atom is 0.178 e. The van der Waals surface area contributed by atoms with Crippen molar-refractivity contribution in [2.45, 2.75) is 19.6 Å². The maximum absolute atomic E-state index is 6.01. The third-order valence-electron chi connectivity index (χ3n) is 2.66. The molecule has 0 saturated carbocycles. The fourth-order valence-electron chi connectivity index (χ4n) is 1.66. The molecule has 0 aliphatic rings. The van der Waals surface area contributed by atoms with E-state index in [2.05, 4.69) is 4.98 Å². The summed E-state index contributed by atoms with van der Waals surface area (Å²) in [6, 6.07) is 3.59. The Labute approximate surface area is 114 Å². The monoisotopic (exact) mass is 290 g/mol. The molecule has 0 bridgehead atoms. The fourth-order valence-corrected chi connectivity index (χ4v) is 2.27. The van der Waals surface area contributed by atoms with E-state index in [1.165, 1.54) is 0 Å². The van der Waals surface area contributed by atoms with Gasteiger partial charge in [0.25, 0.3) is 0 Å². The number of rotatable bonds is 3. The number of H-pyrrole nitrogens is 1. The number of methoxy groups -OCH3 is 1. The van der Waals surface area contributed by atoms with Gasteiger partial charge in [0.15, 0.2) is 4.77 Å². The maximum atomic E-state index is 6.01. The van der Waals surface area contributed by atoms with Crippen LogP contribution in [-0.2, 0) is 11.3 Å². The van der Waals surface area contributed by atoms with E-state index in [4.69, 9.17) is 40.2 Å². The van der Waals surface area contributed by atoms with Gasteiger partial charge in [-0.2, -0.15) is 0 Å². The normalized spacial score (nSPS) is 13.2. The van der Waals surface area contributed by atoms with Crippen LogP contribution in [0, 0.1) is 4.77 Å². The number of ether oxygens (including phenoxy) is 1. The molecular weight excluding hydrogens is 279 g/mol. The van der Waals surface area contributed by atoms with Gasteiger partial charge in [-0.05, 0) is 31.3 Å². The lowest BCUT2D eigenvalue weighted by molar-refractivity contribution is 0.104. The molecule has 1 atom stereocenters. The summed E-state index contributed by atoms with van der Waals surface area (Å²) >= 11 is 17.2. The van der Waals surface area contributed by atoms with Crippen molar-refractivity contribution in [2.24, 2.45) is 0 Å². The van der Waals surface area contributed by atoms with Gasteiger partial charge in [-0.25, -0.2) is 0 Å². The molecule has 0 aliphatic heterocycles. The van der Waals surface area contributed by atoms with Crippen LogP contribution < -0.4 is 0 Å². The zero-order chi connectivity index (χ0) is 12.6. The topological polar surface area (TPSA) is 29.9 Å². The van der Waals surface area contributed by atoms with Crippen molar-refractivity contribution in [1.82, 2.24) is 9.55 Å². The van der Waals surface area contributed by atoms with Gasteiger partial charge in [0, 0.05) is 7.11 Å². The largest absolute Gasteiger partial charge is 0.380 e. The molecule has 2 aromatic rings. The average molecular weight is 291 g/mol. The van der Waals surface area contributed by atoms with Crippen LogP contribution in [0.5, 0.6) is 0 Å². The Morgan fingerprint density at radius 1 is 1.41 bits per heavy atom. The number of hydrogen-bond donors (Lipinski definition) is 1. The second-order valence-electron chi connectivity index (χ2n) is 3.87. The van der Waals surface area contributed by atoms with Crippen LogP contribution in [0.4, 0.5) is 0 Å². The van der Waals surface area contributed by atoms with E-state index in [9.17, 15) is 0 Å². The molecule has 0 radical (unpaired) electrons. The van der Waals surface area contributed by atoms with Crippen molar-refractivity contribution in [1.29, 1.82) is 0 Å². The molecule has 6 heteroatoms. The van der Waals surface area contributed by atoms with Crippen molar-refractivity contribution in [3.8, 4) is 0 Å².